The van der Waals surface area contributed by atoms with E-state index in [0.29, 0.717) is 25.2 Å². The molecule has 2 amide bonds. The Balaban J connectivity index is 0.000000188. The first-order valence-electron chi connectivity index (χ1n) is 7.40. The van der Waals surface area contributed by atoms with Crippen LogP contribution in [0.5, 0.6) is 0 Å². The van der Waals surface area contributed by atoms with E-state index < -0.39 is 0 Å². The molecule has 1 aromatic carbocycles. The highest BCUT2D eigenvalue weighted by atomic mass is 16.2. The quantitative estimate of drug-likeness (QED) is 0.788. The molecule has 1 aromatic heterocycles. The van der Waals surface area contributed by atoms with Gasteiger partial charge in [-0.2, -0.15) is 0 Å². The maximum absolute atomic E-state index is 11.3. The van der Waals surface area contributed by atoms with Crippen LogP contribution in [0.15, 0.2) is 23.0 Å². The van der Waals surface area contributed by atoms with E-state index in [1.54, 1.807) is 11.6 Å². The van der Waals surface area contributed by atoms with E-state index in [9.17, 15) is 14.4 Å². The first kappa shape index (κ1) is 16.0. The largest absolute Gasteiger partial charge is 0.326 e. The minimum Gasteiger partial charge on any atom is -0.306 e. The molecule has 118 valence electrons. The molecule has 0 saturated carbocycles. The molecule has 0 spiro atoms. The molecule has 0 atom stereocenters. The third kappa shape index (κ3) is 3.63. The van der Waals surface area contributed by atoms with Crippen molar-refractivity contribution in [3.05, 3.63) is 34.2 Å². The molecule has 22 heavy (non-hydrogen) atoms. The Morgan fingerprint density at radius 1 is 1.09 bits per heavy atom. The number of nitrogens with zero attached hydrogens (tertiary/aromatic N) is 1. The van der Waals surface area contributed by atoms with Gasteiger partial charge in [-0.3, -0.25) is 19.5 Å². The van der Waals surface area contributed by atoms with Gasteiger partial charge in [0.1, 0.15) is 0 Å². The maximum atomic E-state index is 11.3. The molecule has 2 N–H and O–H groups in total. The SMILES string of the molecule is CC(C)c1ccc2[nH]c(=O)n(C)c2c1.O=C1CCCC(=O)N1. The number of imide groups is 1. The standard InChI is InChI=1S/C11H14N2O.C5H7NO2/c1-7(2)8-4-5-9-10(6-8)13(3)11(14)12-9;7-4-2-1-3-5(8)6-4/h4-7H,1-3H3,(H,12,14);1-3H2,(H,6,7,8). The molecule has 0 radical (unpaired) electrons. The number of carbonyl (C=O) groups is 2. The van der Waals surface area contributed by atoms with Crippen molar-refractivity contribution in [1.29, 1.82) is 0 Å². The Morgan fingerprint density at radius 2 is 1.73 bits per heavy atom. The van der Waals surface area contributed by atoms with Gasteiger partial charge in [0.2, 0.25) is 11.8 Å². The summed E-state index contributed by atoms with van der Waals surface area (Å²) < 4.78 is 1.64. The van der Waals surface area contributed by atoms with E-state index in [-0.39, 0.29) is 17.5 Å². The number of hydrogen-bond acceptors (Lipinski definition) is 3. The van der Waals surface area contributed by atoms with Crippen LogP contribution in [0, 0.1) is 0 Å². The Morgan fingerprint density at radius 3 is 2.23 bits per heavy atom. The summed E-state index contributed by atoms with van der Waals surface area (Å²) in [6.45, 7) is 4.29. The van der Waals surface area contributed by atoms with Crippen molar-refractivity contribution in [2.45, 2.75) is 39.0 Å². The van der Waals surface area contributed by atoms with Crippen molar-refractivity contribution in [2.75, 3.05) is 0 Å². The summed E-state index contributed by atoms with van der Waals surface area (Å²) in [7, 11) is 1.78. The number of imidazole rings is 1. The summed E-state index contributed by atoms with van der Waals surface area (Å²) in [5.41, 5.74) is 3.08. The molecular formula is C16H21N3O3. The van der Waals surface area contributed by atoms with Crippen molar-refractivity contribution in [2.24, 2.45) is 7.05 Å². The molecule has 6 heteroatoms. The number of aryl methyl sites for hydroxylation is 1. The minimum atomic E-state index is -0.138. The predicted molar refractivity (Wildman–Crippen MR) is 84.6 cm³/mol. The molecule has 0 aliphatic carbocycles. The molecule has 1 aliphatic rings. The van der Waals surface area contributed by atoms with E-state index in [0.717, 1.165) is 11.0 Å². The fourth-order valence-electron chi connectivity index (χ4n) is 2.29. The van der Waals surface area contributed by atoms with Crippen LogP contribution >= 0.6 is 0 Å². The number of fused-ring (bicyclic) bond motifs is 1. The highest BCUT2D eigenvalue weighted by Crippen LogP contribution is 2.18. The number of nitrogens with one attached hydrogen (secondary N) is 2. The van der Waals surface area contributed by atoms with Crippen molar-refractivity contribution in [3.63, 3.8) is 0 Å². The van der Waals surface area contributed by atoms with Crippen LogP contribution in [0.3, 0.4) is 0 Å². The number of aromatic nitrogens is 2. The van der Waals surface area contributed by atoms with E-state index >= 15 is 0 Å². The van der Waals surface area contributed by atoms with Crippen LogP contribution in [-0.4, -0.2) is 21.4 Å². The molecule has 1 aliphatic heterocycles. The Labute approximate surface area is 128 Å². The number of piperidine rings is 1. The zero-order valence-corrected chi connectivity index (χ0v) is 13.1. The van der Waals surface area contributed by atoms with E-state index in [1.165, 1.54) is 5.56 Å². The van der Waals surface area contributed by atoms with E-state index in [1.807, 2.05) is 6.07 Å². The molecule has 1 fully saturated rings. The van der Waals surface area contributed by atoms with Gasteiger partial charge in [-0.15, -0.1) is 0 Å². The summed E-state index contributed by atoms with van der Waals surface area (Å²) in [5, 5.41) is 2.20. The zero-order valence-electron chi connectivity index (χ0n) is 13.1. The van der Waals surface area contributed by atoms with Gasteiger partial charge in [-0.05, 0) is 30.0 Å². The summed E-state index contributed by atoms with van der Waals surface area (Å²) in [4.78, 5) is 34.8. The number of carbonyl (C=O) groups excluding carboxylic acids is 2. The second-order valence-electron chi connectivity index (χ2n) is 5.75. The van der Waals surface area contributed by atoms with Gasteiger partial charge in [0.05, 0.1) is 11.0 Å². The first-order chi connectivity index (χ1) is 10.4. The monoisotopic (exact) mass is 303 g/mol. The minimum absolute atomic E-state index is 0.0547. The highest BCUT2D eigenvalue weighted by Gasteiger charge is 2.13. The second-order valence-corrected chi connectivity index (χ2v) is 5.75. The predicted octanol–water partition coefficient (Wildman–Crippen LogP) is 1.80. The summed E-state index contributed by atoms with van der Waals surface area (Å²) in [5.74, 6) is 0.215. The average molecular weight is 303 g/mol. The van der Waals surface area contributed by atoms with Crippen molar-refractivity contribution in [3.8, 4) is 0 Å². The zero-order chi connectivity index (χ0) is 16.3. The van der Waals surface area contributed by atoms with Crippen molar-refractivity contribution >= 4 is 22.8 Å². The lowest BCUT2D eigenvalue weighted by molar-refractivity contribution is -0.132. The molecule has 2 aromatic rings. The fourth-order valence-corrected chi connectivity index (χ4v) is 2.29. The number of benzene rings is 1. The smallest absolute Gasteiger partial charge is 0.306 e. The Kier molecular flexibility index (Phi) is 4.80. The van der Waals surface area contributed by atoms with Crippen LogP contribution in [0.1, 0.15) is 44.6 Å². The van der Waals surface area contributed by atoms with E-state index in [4.69, 9.17) is 0 Å². The molecule has 2 heterocycles. The van der Waals surface area contributed by atoms with Gasteiger partial charge in [-0.1, -0.05) is 19.9 Å². The average Bonchev–Trinajstić information content (AvgIpc) is 2.74. The number of rotatable bonds is 1. The number of amides is 2. The molecule has 0 bridgehead atoms. The third-order valence-corrected chi connectivity index (χ3v) is 3.68. The lowest BCUT2D eigenvalue weighted by Gasteiger charge is -2.07. The van der Waals surface area contributed by atoms with Crippen molar-refractivity contribution in [1.82, 2.24) is 14.9 Å². The molecule has 3 rings (SSSR count). The van der Waals surface area contributed by atoms with Crippen LogP contribution < -0.4 is 11.0 Å². The van der Waals surface area contributed by atoms with Crippen molar-refractivity contribution < 1.29 is 9.59 Å². The normalized spacial score (nSPS) is 14.7. The van der Waals surface area contributed by atoms with Crippen LogP contribution in [0.2, 0.25) is 0 Å². The number of hydrogen-bond donors (Lipinski definition) is 2. The summed E-state index contributed by atoms with van der Waals surface area (Å²) in [6.07, 6.45) is 1.72. The van der Waals surface area contributed by atoms with Gasteiger partial charge in [0.25, 0.3) is 0 Å². The van der Waals surface area contributed by atoms with Gasteiger partial charge in [0.15, 0.2) is 0 Å². The maximum Gasteiger partial charge on any atom is 0.326 e. The topological polar surface area (TPSA) is 84.0 Å². The van der Waals surface area contributed by atoms with Crippen LogP contribution in [-0.2, 0) is 16.6 Å². The fraction of sp³-hybridized carbons (Fsp3) is 0.438. The van der Waals surface area contributed by atoms with Crippen LogP contribution in [0.25, 0.3) is 11.0 Å². The number of H-pyrrole nitrogens is 1. The first-order valence-corrected chi connectivity index (χ1v) is 7.40. The highest BCUT2D eigenvalue weighted by molar-refractivity contribution is 5.97. The van der Waals surface area contributed by atoms with Gasteiger partial charge >= 0.3 is 5.69 Å². The summed E-state index contributed by atoms with van der Waals surface area (Å²) in [6, 6.07) is 6.09. The lowest BCUT2D eigenvalue weighted by Crippen LogP contribution is -2.33. The molecule has 1 saturated heterocycles. The Bertz CT molecular complexity index is 742. The summed E-state index contributed by atoms with van der Waals surface area (Å²) >= 11 is 0. The second kappa shape index (κ2) is 6.60. The van der Waals surface area contributed by atoms with E-state index in [2.05, 4.69) is 36.3 Å². The molecule has 6 nitrogen and oxygen atoms in total. The molecule has 0 unspecified atom stereocenters. The molecular weight excluding hydrogens is 282 g/mol. The van der Waals surface area contributed by atoms with Gasteiger partial charge < -0.3 is 4.98 Å². The third-order valence-electron chi connectivity index (χ3n) is 3.68. The van der Waals surface area contributed by atoms with Crippen LogP contribution in [0.4, 0.5) is 0 Å². The number of aromatic amines is 1. The lowest BCUT2D eigenvalue weighted by atomic mass is 10.0. The van der Waals surface area contributed by atoms with Gasteiger partial charge in [0, 0.05) is 19.9 Å². The van der Waals surface area contributed by atoms with Gasteiger partial charge in [-0.25, -0.2) is 4.79 Å². The Hall–Kier alpha value is -2.37.